The summed E-state index contributed by atoms with van der Waals surface area (Å²) >= 11 is 1.58. The Morgan fingerprint density at radius 3 is 2.71 bits per heavy atom. The van der Waals surface area contributed by atoms with E-state index in [0.29, 0.717) is 6.54 Å². The Morgan fingerprint density at radius 1 is 1.41 bits per heavy atom. The Bertz CT molecular complexity index is 539. The number of thiophene rings is 1. The molecule has 0 aliphatic rings. The van der Waals surface area contributed by atoms with Gasteiger partial charge in [0.2, 0.25) is 0 Å². The molecule has 0 radical (unpaired) electrons. The lowest BCUT2D eigenvalue weighted by molar-refractivity contribution is 0.0970. The summed E-state index contributed by atoms with van der Waals surface area (Å²) in [4.78, 5) is 14.1. The van der Waals surface area contributed by atoms with E-state index >= 15 is 0 Å². The molecule has 0 spiro atoms. The van der Waals surface area contributed by atoms with E-state index in [1.807, 2.05) is 32.0 Å². The molecule has 0 atom stereocenters. The molecule has 0 aliphatic carbocycles. The second kappa shape index (κ2) is 4.84. The molecule has 3 nitrogen and oxygen atoms in total. The first-order valence-electron chi connectivity index (χ1n) is 5.73. The van der Waals surface area contributed by atoms with Gasteiger partial charge in [-0.2, -0.15) is 5.10 Å². The molecule has 2 rings (SSSR count). The van der Waals surface area contributed by atoms with Gasteiger partial charge in [0.1, 0.15) is 6.54 Å². The summed E-state index contributed by atoms with van der Waals surface area (Å²) in [6, 6.07) is 5.93. The van der Waals surface area contributed by atoms with Crippen molar-refractivity contribution >= 4 is 17.1 Å². The van der Waals surface area contributed by atoms with Gasteiger partial charge in [0.15, 0.2) is 5.78 Å². The van der Waals surface area contributed by atoms with Gasteiger partial charge >= 0.3 is 0 Å². The first-order valence-corrected chi connectivity index (χ1v) is 6.54. The first kappa shape index (κ1) is 12.0. The average molecular weight is 248 g/mol. The Hall–Kier alpha value is -1.42. The van der Waals surface area contributed by atoms with Crippen molar-refractivity contribution in [3.05, 3.63) is 39.3 Å². The van der Waals surface area contributed by atoms with Crippen LogP contribution >= 0.6 is 11.3 Å². The number of aryl methyl sites for hydroxylation is 3. The molecule has 2 heterocycles. The molecule has 0 aliphatic heterocycles. The van der Waals surface area contributed by atoms with E-state index in [1.165, 1.54) is 4.88 Å². The number of nitrogens with zero attached hydrogens (tertiary/aromatic N) is 2. The van der Waals surface area contributed by atoms with Gasteiger partial charge in [0, 0.05) is 10.6 Å². The number of ketones is 1. The van der Waals surface area contributed by atoms with Crippen LogP contribution in [0.25, 0.3) is 0 Å². The van der Waals surface area contributed by atoms with Gasteiger partial charge < -0.3 is 0 Å². The molecule has 2 aromatic rings. The van der Waals surface area contributed by atoms with Gasteiger partial charge in [-0.25, -0.2) is 0 Å². The molecule has 0 fully saturated rings. The second-order valence-electron chi connectivity index (χ2n) is 4.13. The SMILES string of the molecule is CCc1ccc(C(=O)Cn2nc(C)cc2C)s1. The zero-order valence-corrected chi connectivity index (χ0v) is 11.2. The molecule has 0 amide bonds. The molecule has 0 bridgehead atoms. The summed E-state index contributed by atoms with van der Waals surface area (Å²) in [5.41, 5.74) is 1.99. The molecule has 2 aromatic heterocycles. The van der Waals surface area contributed by atoms with Crippen LogP contribution in [0.5, 0.6) is 0 Å². The molecule has 4 heteroatoms. The van der Waals surface area contributed by atoms with Gasteiger partial charge in [0.25, 0.3) is 0 Å². The van der Waals surface area contributed by atoms with Crippen LogP contribution < -0.4 is 0 Å². The maximum absolute atomic E-state index is 12.1. The van der Waals surface area contributed by atoms with E-state index in [-0.39, 0.29) is 5.78 Å². The number of aromatic nitrogens is 2. The van der Waals surface area contributed by atoms with E-state index in [0.717, 1.165) is 22.7 Å². The lowest BCUT2D eigenvalue weighted by Crippen LogP contribution is -2.11. The van der Waals surface area contributed by atoms with E-state index in [4.69, 9.17) is 0 Å². The smallest absolute Gasteiger partial charge is 0.194 e. The Kier molecular flexibility index (Phi) is 3.43. The number of hydrogen-bond acceptors (Lipinski definition) is 3. The van der Waals surface area contributed by atoms with Crippen LogP contribution in [0.3, 0.4) is 0 Å². The second-order valence-corrected chi connectivity index (χ2v) is 5.30. The predicted molar refractivity (Wildman–Crippen MR) is 69.7 cm³/mol. The van der Waals surface area contributed by atoms with Gasteiger partial charge in [0.05, 0.1) is 10.6 Å². The Labute approximate surface area is 105 Å². The fourth-order valence-corrected chi connectivity index (χ4v) is 2.64. The molecule has 0 saturated carbocycles. The van der Waals surface area contributed by atoms with Crippen molar-refractivity contribution in [2.45, 2.75) is 33.7 Å². The number of Topliss-reactive ketones (excluding diaryl/α,β-unsaturated/α-hetero) is 1. The molecule has 0 N–H and O–H groups in total. The maximum atomic E-state index is 12.1. The molecule has 17 heavy (non-hydrogen) atoms. The minimum absolute atomic E-state index is 0.140. The fraction of sp³-hybridized carbons (Fsp3) is 0.385. The Balaban J connectivity index is 2.14. The van der Waals surface area contributed by atoms with Crippen LogP contribution in [-0.4, -0.2) is 15.6 Å². The highest BCUT2D eigenvalue weighted by Gasteiger charge is 2.11. The molecular formula is C13H16N2OS. The fourth-order valence-electron chi connectivity index (χ4n) is 1.77. The predicted octanol–water partition coefficient (Wildman–Crippen LogP) is 3.01. The van der Waals surface area contributed by atoms with Crippen LogP contribution in [0.15, 0.2) is 18.2 Å². The van der Waals surface area contributed by atoms with E-state index in [1.54, 1.807) is 16.0 Å². The molecular weight excluding hydrogens is 232 g/mol. The van der Waals surface area contributed by atoms with Crippen molar-refractivity contribution in [2.75, 3.05) is 0 Å². The molecule has 0 saturated heterocycles. The third kappa shape index (κ3) is 2.64. The van der Waals surface area contributed by atoms with Crippen molar-refractivity contribution in [1.82, 2.24) is 9.78 Å². The summed E-state index contributed by atoms with van der Waals surface area (Å²) in [7, 11) is 0. The normalized spacial score (nSPS) is 10.8. The van der Waals surface area contributed by atoms with Gasteiger partial charge in [-0.05, 0) is 38.5 Å². The summed E-state index contributed by atoms with van der Waals surface area (Å²) < 4.78 is 1.77. The van der Waals surface area contributed by atoms with Crippen molar-refractivity contribution in [2.24, 2.45) is 0 Å². The third-order valence-electron chi connectivity index (χ3n) is 2.68. The number of carbonyl (C=O) groups excluding carboxylic acids is 1. The van der Waals surface area contributed by atoms with Crippen LogP contribution in [0.4, 0.5) is 0 Å². The average Bonchev–Trinajstić information content (AvgIpc) is 2.86. The monoisotopic (exact) mass is 248 g/mol. The van der Waals surface area contributed by atoms with Gasteiger partial charge in [-0.1, -0.05) is 6.92 Å². The summed E-state index contributed by atoms with van der Waals surface area (Å²) in [6.07, 6.45) is 0.984. The zero-order chi connectivity index (χ0) is 12.4. The minimum Gasteiger partial charge on any atom is -0.291 e. The van der Waals surface area contributed by atoms with Crippen molar-refractivity contribution in [3.8, 4) is 0 Å². The van der Waals surface area contributed by atoms with Crippen molar-refractivity contribution in [1.29, 1.82) is 0 Å². The maximum Gasteiger partial charge on any atom is 0.194 e. The number of rotatable bonds is 4. The highest BCUT2D eigenvalue weighted by atomic mass is 32.1. The highest BCUT2D eigenvalue weighted by molar-refractivity contribution is 7.14. The standard InChI is InChI=1S/C13H16N2OS/c1-4-11-5-6-13(17-11)12(16)8-15-10(3)7-9(2)14-15/h5-7H,4,8H2,1-3H3. The van der Waals surface area contributed by atoms with Crippen molar-refractivity contribution in [3.63, 3.8) is 0 Å². The highest BCUT2D eigenvalue weighted by Crippen LogP contribution is 2.18. The van der Waals surface area contributed by atoms with Crippen LogP contribution in [0, 0.1) is 13.8 Å². The lowest BCUT2D eigenvalue weighted by atomic mass is 10.3. The number of carbonyl (C=O) groups is 1. The quantitative estimate of drug-likeness (QED) is 0.780. The zero-order valence-electron chi connectivity index (χ0n) is 10.4. The van der Waals surface area contributed by atoms with Gasteiger partial charge in [-0.3, -0.25) is 9.48 Å². The largest absolute Gasteiger partial charge is 0.291 e. The third-order valence-corrected chi connectivity index (χ3v) is 3.95. The summed E-state index contributed by atoms with van der Waals surface area (Å²) in [6.45, 7) is 6.35. The molecule has 90 valence electrons. The summed E-state index contributed by atoms with van der Waals surface area (Å²) in [5.74, 6) is 0.140. The van der Waals surface area contributed by atoms with E-state index in [9.17, 15) is 4.79 Å². The minimum atomic E-state index is 0.140. The summed E-state index contributed by atoms with van der Waals surface area (Å²) in [5, 5.41) is 4.30. The molecule has 0 aromatic carbocycles. The van der Waals surface area contributed by atoms with Crippen molar-refractivity contribution < 1.29 is 4.79 Å². The first-order chi connectivity index (χ1) is 8.10. The van der Waals surface area contributed by atoms with E-state index < -0.39 is 0 Å². The Morgan fingerprint density at radius 2 is 2.18 bits per heavy atom. The van der Waals surface area contributed by atoms with Crippen LogP contribution in [0.1, 0.15) is 32.9 Å². The van der Waals surface area contributed by atoms with Crippen LogP contribution in [-0.2, 0) is 13.0 Å². The van der Waals surface area contributed by atoms with E-state index in [2.05, 4.69) is 12.0 Å². The topological polar surface area (TPSA) is 34.9 Å². The van der Waals surface area contributed by atoms with Gasteiger partial charge in [-0.15, -0.1) is 11.3 Å². The molecule has 0 unspecified atom stereocenters. The van der Waals surface area contributed by atoms with Crippen LogP contribution in [0.2, 0.25) is 0 Å². The lowest BCUT2D eigenvalue weighted by Gasteiger charge is -2.01. The number of hydrogen-bond donors (Lipinski definition) is 0.